The lowest BCUT2D eigenvalue weighted by molar-refractivity contribution is -0.113. The quantitative estimate of drug-likeness (QED) is 0.360. The summed E-state index contributed by atoms with van der Waals surface area (Å²) in [6.07, 6.45) is 1.81. The van der Waals surface area contributed by atoms with Crippen molar-refractivity contribution in [3.05, 3.63) is 54.2 Å². The average Bonchev–Trinajstić information content (AvgIpc) is 3.51. The van der Waals surface area contributed by atoms with E-state index in [1.54, 1.807) is 25.3 Å². The molecule has 1 amide bonds. The average molecular weight is 514 g/mol. The van der Waals surface area contributed by atoms with E-state index in [9.17, 15) is 13.2 Å². The van der Waals surface area contributed by atoms with E-state index < -0.39 is 10.0 Å². The van der Waals surface area contributed by atoms with Crippen molar-refractivity contribution in [3.8, 4) is 11.5 Å². The van der Waals surface area contributed by atoms with Gasteiger partial charge in [-0.25, -0.2) is 8.42 Å². The van der Waals surface area contributed by atoms with Crippen molar-refractivity contribution in [3.63, 3.8) is 0 Å². The van der Waals surface area contributed by atoms with Crippen molar-refractivity contribution >= 4 is 44.3 Å². The molecule has 12 heteroatoms. The lowest BCUT2D eigenvalue weighted by atomic mass is 10.2. The van der Waals surface area contributed by atoms with Gasteiger partial charge in [0.1, 0.15) is 0 Å². The molecule has 5 rings (SSSR count). The number of sulfonamides is 1. The number of aryl methyl sites for hydroxylation is 1. The Morgan fingerprint density at radius 1 is 1.17 bits per heavy atom. The lowest BCUT2D eigenvalue weighted by Crippen LogP contribution is -2.40. The standard InChI is InChI=1S/C23H23N5O5S2/c1-15-6-7-16(35(30,31)28-8-10-32-11-9-28)12-20(15)25-21(29)14-34-23-27-26-22(33-23)18-13-24-19-5-3-2-4-17(18)19/h2-7,12-13,24H,8-11,14H2,1H3,(H,25,29). The van der Waals surface area contributed by atoms with Gasteiger partial charge in [0.15, 0.2) is 0 Å². The van der Waals surface area contributed by atoms with Crippen molar-refractivity contribution in [1.82, 2.24) is 19.5 Å². The Labute approximate surface area is 206 Å². The number of para-hydroxylation sites is 1. The summed E-state index contributed by atoms with van der Waals surface area (Å²) in [4.78, 5) is 15.9. The number of H-pyrrole nitrogens is 1. The van der Waals surface area contributed by atoms with E-state index >= 15 is 0 Å². The molecule has 2 aromatic carbocycles. The first-order valence-corrected chi connectivity index (χ1v) is 13.4. The molecule has 1 saturated heterocycles. The first-order valence-electron chi connectivity index (χ1n) is 10.9. The molecule has 0 bridgehead atoms. The highest BCUT2D eigenvalue weighted by Crippen LogP contribution is 2.30. The molecule has 2 N–H and O–H groups in total. The molecule has 10 nitrogen and oxygen atoms in total. The van der Waals surface area contributed by atoms with E-state index in [-0.39, 0.29) is 21.8 Å². The van der Waals surface area contributed by atoms with Gasteiger partial charge in [0, 0.05) is 35.9 Å². The molecule has 0 aliphatic carbocycles. The van der Waals surface area contributed by atoms with Crippen LogP contribution in [-0.4, -0.2) is 65.9 Å². The summed E-state index contributed by atoms with van der Waals surface area (Å²) < 4.78 is 38.3. The second-order valence-corrected chi connectivity index (χ2v) is 10.8. The minimum absolute atomic E-state index is 0.0232. The Kier molecular flexibility index (Phi) is 6.60. The predicted octanol–water partition coefficient (Wildman–Crippen LogP) is 3.28. The zero-order valence-corrected chi connectivity index (χ0v) is 20.5. The Morgan fingerprint density at radius 2 is 1.97 bits per heavy atom. The number of morpholine rings is 1. The van der Waals surface area contributed by atoms with Crippen LogP contribution in [0.3, 0.4) is 0 Å². The number of aromatic nitrogens is 3. The molecule has 0 saturated carbocycles. The molecular weight excluding hydrogens is 490 g/mol. The highest BCUT2D eigenvalue weighted by atomic mass is 32.2. The van der Waals surface area contributed by atoms with Crippen LogP contribution in [0.15, 0.2) is 63.2 Å². The lowest BCUT2D eigenvalue weighted by Gasteiger charge is -2.26. The number of ether oxygens (including phenoxy) is 1. The summed E-state index contributed by atoms with van der Waals surface area (Å²) in [5.74, 6) is 0.0724. The molecular formula is C23H23N5O5S2. The number of thioether (sulfide) groups is 1. The van der Waals surface area contributed by atoms with Gasteiger partial charge in [0.2, 0.25) is 15.9 Å². The fourth-order valence-electron chi connectivity index (χ4n) is 3.77. The zero-order chi connectivity index (χ0) is 24.4. The summed E-state index contributed by atoms with van der Waals surface area (Å²) in [6.45, 7) is 3.14. The summed E-state index contributed by atoms with van der Waals surface area (Å²) in [5, 5.41) is 12.2. The molecule has 4 aromatic rings. The fraction of sp³-hybridized carbons (Fsp3) is 0.261. The van der Waals surface area contributed by atoms with Crippen molar-refractivity contribution in [2.45, 2.75) is 17.0 Å². The SMILES string of the molecule is Cc1ccc(S(=O)(=O)N2CCOCC2)cc1NC(=O)CSc1nnc(-c2c[nH]c3ccccc23)o1. The van der Waals surface area contributed by atoms with Gasteiger partial charge in [0.25, 0.3) is 11.1 Å². The van der Waals surface area contributed by atoms with Gasteiger partial charge in [-0.1, -0.05) is 36.0 Å². The zero-order valence-electron chi connectivity index (χ0n) is 18.9. The summed E-state index contributed by atoms with van der Waals surface area (Å²) in [6, 6.07) is 12.5. The third kappa shape index (κ3) is 4.96. The first kappa shape index (κ1) is 23.5. The summed E-state index contributed by atoms with van der Waals surface area (Å²) in [7, 11) is -3.67. The first-order chi connectivity index (χ1) is 16.9. The number of carbonyl (C=O) groups excluding carboxylic acids is 1. The second kappa shape index (κ2) is 9.82. The van der Waals surface area contributed by atoms with Crippen LogP contribution in [0.25, 0.3) is 22.4 Å². The van der Waals surface area contributed by atoms with Crippen molar-refractivity contribution in [1.29, 1.82) is 0 Å². The van der Waals surface area contributed by atoms with Crippen molar-refractivity contribution in [2.75, 3.05) is 37.4 Å². The van der Waals surface area contributed by atoms with E-state index in [4.69, 9.17) is 9.15 Å². The van der Waals surface area contributed by atoms with Crippen LogP contribution in [0.1, 0.15) is 5.56 Å². The van der Waals surface area contributed by atoms with Crippen LogP contribution < -0.4 is 5.32 Å². The van der Waals surface area contributed by atoms with Gasteiger partial charge >= 0.3 is 0 Å². The van der Waals surface area contributed by atoms with E-state index in [2.05, 4.69) is 20.5 Å². The number of fused-ring (bicyclic) bond motifs is 1. The molecule has 0 unspecified atom stereocenters. The van der Waals surface area contributed by atoms with E-state index in [0.29, 0.717) is 37.9 Å². The van der Waals surface area contributed by atoms with Crippen LogP contribution >= 0.6 is 11.8 Å². The van der Waals surface area contributed by atoms with Crippen LogP contribution in [0.4, 0.5) is 5.69 Å². The number of benzene rings is 2. The van der Waals surface area contributed by atoms with Crippen LogP contribution in [0.5, 0.6) is 0 Å². The molecule has 1 aliphatic heterocycles. The highest BCUT2D eigenvalue weighted by Gasteiger charge is 2.27. The minimum Gasteiger partial charge on any atom is -0.411 e. The number of hydrogen-bond donors (Lipinski definition) is 2. The number of carbonyl (C=O) groups is 1. The topological polar surface area (TPSA) is 130 Å². The summed E-state index contributed by atoms with van der Waals surface area (Å²) >= 11 is 1.11. The van der Waals surface area contributed by atoms with Gasteiger partial charge in [-0.3, -0.25) is 4.79 Å². The maximum absolute atomic E-state index is 13.0. The third-order valence-corrected chi connectivity index (χ3v) is 8.36. The monoisotopic (exact) mass is 513 g/mol. The van der Waals surface area contributed by atoms with Gasteiger partial charge < -0.3 is 19.5 Å². The fourth-order valence-corrected chi connectivity index (χ4v) is 5.77. The number of hydrogen-bond acceptors (Lipinski definition) is 8. The smallest absolute Gasteiger partial charge is 0.277 e. The Balaban J connectivity index is 1.24. The van der Waals surface area contributed by atoms with E-state index in [0.717, 1.165) is 33.8 Å². The van der Waals surface area contributed by atoms with E-state index in [1.807, 2.05) is 24.3 Å². The number of nitrogens with zero attached hydrogens (tertiary/aromatic N) is 3. The Bertz CT molecular complexity index is 1470. The predicted molar refractivity (Wildman–Crippen MR) is 132 cm³/mol. The van der Waals surface area contributed by atoms with Gasteiger partial charge in [0.05, 0.1) is 29.4 Å². The molecule has 0 radical (unpaired) electrons. The molecule has 0 atom stereocenters. The van der Waals surface area contributed by atoms with Crippen molar-refractivity contribution in [2.24, 2.45) is 0 Å². The highest BCUT2D eigenvalue weighted by molar-refractivity contribution is 7.99. The maximum atomic E-state index is 13.0. The molecule has 1 fully saturated rings. The van der Waals surface area contributed by atoms with Crippen molar-refractivity contribution < 1.29 is 22.4 Å². The van der Waals surface area contributed by atoms with Gasteiger partial charge in [-0.05, 0) is 30.7 Å². The number of nitrogens with one attached hydrogen (secondary N) is 2. The van der Waals surface area contributed by atoms with Crippen LogP contribution in [-0.2, 0) is 19.6 Å². The minimum atomic E-state index is -3.67. The molecule has 35 heavy (non-hydrogen) atoms. The molecule has 182 valence electrons. The third-order valence-electron chi connectivity index (χ3n) is 5.64. The van der Waals surface area contributed by atoms with E-state index in [1.165, 1.54) is 10.4 Å². The Morgan fingerprint density at radius 3 is 2.80 bits per heavy atom. The largest absolute Gasteiger partial charge is 0.411 e. The number of amides is 1. The normalized spacial score (nSPS) is 14.9. The van der Waals surface area contributed by atoms with Crippen LogP contribution in [0.2, 0.25) is 0 Å². The van der Waals surface area contributed by atoms with Gasteiger partial charge in [-0.15, -0.1) is 10.2 Å². The molecule has 1 aliphatic rings. The maximum Gasteiger partial charge on any atom is 0.277 e. The second-order valence-electron chi connectivity index (χ2n) is 7.95. The molecule has 3 heterocycles. The number of aromatic amines is 1. The summed E-state index contributed by atoms with van der Waals surface area (Å²) in [5.41, 5.74) is 2.94. The van der Waals surface area contributed by atoms with Crippen LogP contribution in [0, 0.1) is 6.92 Å². The van der Waals surface area contributed by atoms with Gasteiger partial charge in [-0.2, -0.15) is 4.31 Å². The Hall–Kier alpha value is -3.19. The number of rotatable bonds is 7. The molecule has 2 aromatic heterocycles. The number of anilines is 1. The molecule has 0 spiro atoms.